The Hall–Kier alpha value is 1.13. The molecule has 0 aliphatic carbocycles. The summed E-state index contributed by atoms with van der Waals surface area (Å²) in [5, 5.41) is 8.46. The zero-order valence-corrected chi connectivity index (χ0v) is 10.3. The monoisotopic (exact) mass is 338 g/mol. The van der Waals surface area contributed by atoms with Crippen LogP contribution in [0.1, 0.15) is 6.92 Å². The van der Waals surface area contributed by atoms with Crippen LogP contribution in [0.4, 0.5) is 0 Å². The van der Waals surface area contributed by atoms with E-state index in [9.17, 15) is 4.79 Å². The molecule has 0 aromatic rings. The van der Waals surface area contributed by atoms with E-state index in [0.717, 1.165) is 0 Å². The van der Waals surface area contributed by atoms with Crippen molar-refractivity contribution in [2.24, 2.45) is 0 Å². The van der Waals surface area contributed by atoms with Gasteiger partial charge in [0.1, 0.15) is 0 Å². The second-order valence-electron chi connectivity index (χ2n) is 1.60. The molecule has 0 amide bonds. The Balaban J connectivity index is 4.04. The molecule has 0 saturated heterocycles. The Bertz CT molecular complexity index is 121. The number of rotatable bonds is 2. The number of carboxylic acid groups (broad SMARTS) is 1. The molecule has 1 atom stereocenters. The molecule has 0 heterocycles. The first-order valence-corrected chi connectivity index (χ1v) is 11.0. The highest BCUT2D eigenvalue weighted by Crippen LogP contribution is 2.38. The summed E-state index contributed by atoms with van der Waals surface area (Å²) in [6, 6.07) is 0. The molecule has 0 spiro atoms. The maximum Gasteiger partial charge on any atom is 0.306 e. The van der Waals surface area contributed by atoms with Gasteiger partial charge in [0, 0.05) is 0 Å². The first-order chi connectivity index (χ1) is 3.85. The maximum atomic E-state index is 10.3. The average molecular weight is 341 g/mol. The quantitative estimate of drug-likeness (QED) is 0.619. The van der Waals surface area contributed by atoms with Crippen LogP contribution >= 0.6 is 45.9 Å². The van der Waals surface area contributed by atoms with Crippen LogP contribution in [0.5, 0.6) is 0 Å². The molecule has 54 valence electrons. The summed E-state index contributed by atoms with van der Waals surface area (Å²) in [5.41, 5.74) is -0.377. The second kappa shape index (κ2) is 3.50. The number of halogens is 3. The summed E-state index contributed by atoms with van der Waals surface area (Å²) < 4.78 is -1.99. The summed E-state index contributed by atoms with van der Waals surface area (Å²) in [7, 11) is 0. The molecule has 0 radical (unpaired) electrons. The second-order valence-corrected chi connectivity index (χ2v) is 24.4. The Morgan fingerprint density at radius 1 is 1.56 bits per heavy atom. The molecule has 2 nitrogen and oxygen atoms in total. The van der Waals surface area contributed by atoms with Crippen molar-refractivity contribution in [3.8, 4) is 0 Å². The minimum Gasteiger partial charge on any atom is -0.481 e. The van der Waals surface area contributed by atoms with Crippen molar-refractivity contribution >= 4 is 55.8 Å². The summed E-state index contributed by atoms with van der Waals surface area (Å²) in [6.07, 6.45) is 0. The largest absolute Gasteiger partial charge is 0.481 e. The van der Waals surface area contributed by atoms with Gasteiger partial charge in [-0.05, 0) is 0 Å². The fraction of sp³-hybridized carbons (Fsp3) is 0.667. The van der Waals surface area contributed by atoms with Crippen molar-refractivity contribution in [2.75, 3.05) is 0 Å². The van der Waals surface area contributed by atoms with Crippen molar-refractivity contribution in [2.45, 2.75) is 12.5 Å². The fourth-order valence-corrected chi connectivity index (χ4v) is 2.18. The van der Waals surface area contributed by atoms with Gasteiger partial charge in [0.05, 0.1) is 5.54 Å². The molecular formula is C3H5Br3O2Si. The van der Waals surface area contributed by atoms with Gasteiger partial charge in [-0.3, -0.25) is 4.79 Å². The molecule has 0 fully saturated rings. The Labute approximate surface area is 77.8 Å². The molecule has 6 heteroatoms. The summed E-state index contributed by atoms with van der Waals surface area (Å²) in [6.45, 7) is 1.65. The molecule has 0 saturated carbocycles. The normalized spacial score (nSPS) is 15.1. The van der Waals surface area contributed by atoms with E-state index in [0.29, 0.717) is 0 Å². The molecule has 0 aromatic heterocycles. The van der Waals surface area contributed by atoms with Crippen molar-refractivity contribution in [3.05, 3.63) is 0 Å². The van der Waals surface area contributed by atoms with E-state index >= 15 is 0 Å². The van der Waals surface area contributed by atoms with Crippen LogP contribution in [0, 0.1) is 0 Å². The highest BCUT2D eigenvalue weighted by Gasteiger charge is 2.35. The lowest BCUT2D eigenvalue weighted by atomic mass is 10.5. The molecular weight excluding hydrogens is 336 g/mol. The minimum absolute atomic E-state index is 0.377. The van der Waals surface area contributed by atoms with E-state index in [1.807, 2.05) is 0 Å². The Kier molecular flexibility index (Phi) is 3.94. The lowest BCUT2D eigenvalue weighted by molar-refractivity contribution is -0.136. The number of hydrogen-bond donors (Lipinski definition) is 1. The summed E-state index contributed by atoms with van der Waals surface area (Å²) in [4.78, 5) is 10.3. The third-order valence-corrected chi connectivity index (χ3v) is 8.27. The molecule has 0 aromatic carbocycles. The molecule has 1 unspecified atom stereocenters. The Morgan fingerprint density at radius 2 is 1.89 bits per heavy atom. The maximum absolute atomic E-state index is 10.3. The highest BCUT2D eigenvalue weighted by molar-refractivity contribution is 9.72. The standard InChI is InChI=1S/C3H5Br3O2Si/c1-2(3(7)8)9(4,5)6/h2H,1H3,(H,7,8). The molecule has 0 aliphatic rings. The van der Waals surface area contributed by atoms with Crippen molar-refractivity contribution in [1.29, 1.82) is 0 Å². The van der Waals surface area contributed by atoms with E-state index in [2.05, 4.69) is 45.9 Å². The van der Waals surface area contributed by atoms with Gasteiger partial charge in [-0.25, -0.2) is 0 Å². The molecule has 0 aliphatic heterocycles. The number of aliphatic carboxylic acids is 1. The van der Waals surface area contributed by atoms with Gasteiger partial charge in [-0.1, -0.05) is 52.8 Å². The van der Waals surface area contributed by atoms with Crippen LogP contribution in [0.2, 0.25) is 5.54 Å². The summed E-state index contributed by atoms with van der Waals surface area (Å²) in [5.74, 6) is -0.799. The van der Waals surface area contributed by atoms with Crippen LogP contribution in [0.3, 0.4) is 0 Å². The van der Waals surface area contributed by atoms with E-state index in [1.165, 1.54) is 0 Å². The van der Waals surface area contributed by atoms with Crippen molar-refractivity contribution < 1.29 is 9.90 Å². The zero-order chi connectivity index (χ0) is 7.65. The van der Waals surface area contributed by atoms with Crippen LogP contribution in [0.25, 0.3) is 0 Å². The van der Waals surface area contributed by atoms with Crippen LogP contribution in [0.15, 0.2) is 0 Å². The molecule has 1 N–H and O–H groups in total. The number of carbonyl (C=O) groups is 1. The zero-order valence-electron chi connectivity index (χ0n) is 4.57. The van der Waals surface area contributed by atoms with Crippen molar-refractivity contribution in [1.82, 2.24) is 0 Å². The molecule has 0 rings (SSSR count). The third kappa shape index (κ3) is 3.74. The highest BCUT2D eigenvalue weighted by atomic mass is 80.0. The van der Waals surface area contributed by atoms with Gasteiger partial charge in [-0.2, -0.15) is 0 Å². The topological polar surface area (TPSA) is 37.3 Å². The Morgan fingerprint density at radius 3 is 1.89 bits per heavy atom. The number of hydrogen-bond acceptors (Lipinski definition) is 1. The van der Waals surface area contributed by atoms with Gasteiger partial charge < -0.3 is 5.11 Å². The van der Waals surface area contributed by atoms with E-state index < -0.39 is 9.90 Å². The van der Waals surface area contributed by atoms with Gasteiger partial charge in [0.15, 0.2) is 0 Å². The predicted octanol–water partition coefficient (Wildman–Crippen LogP) is 2.58. The third-order valence-electron chi connectivity index (χ3n) is 0.861. The lowest BCUT2D eigenvalue weighted by Crippen LogP contribution is -2.22. The average Bonchev–Trinajstić information content (AvgIpc) is 1.62. The van der Waals surface area contributed by atoms with Crippen LogP contribution < -0.4 is 0 Å². The number of carboxylic acids is 1. The first-order valence-electron chi connectivity index (χ1n) is 2.15. The lowest BCUT2D eigenvalue weighted by Gasteiger charge is -2.12. The van der Waals surface area contributed by atoms with Gasteiger partial charge in [0.25, 0.3) is 3.93 Å². The smallest absolute Gasteiger partial charge is 0.306 e. The fourth-order valence-electron chi connectivity index (χ4n) is 0.140. The molecule has 9 heavy (non-hydrogen) atoms. The SMILES string of the molecule is CC(C(=O)O)[Si](Br)(Br)Br. The summed E-state index contributed by atoms with van der Waals surface area (Å²) >= 11 is 9.71. The molecule has 0 bridgehead atoms. The van der Waals surface area contributed by atoms with E-state index in [1.54, 1.807) is 6.92 Å². The van der Waals surface area contributed by atoms with Crippen LogP contribution in [-0.4, -0.2) is 15.0 Å². The van der Waals surface area contributed by atoms with E-state index in [-0.39, 0.29) is 5.54 Å². The first kappa shape index (κ1) is 10.1. The van der Waals surface area contributed by atoms with Gasteiger partial charge >= 0.3 is 5.97 Å². The van der Waals surface area contributed by atoms with Gasteiger partial charge in [0.2, 0.25) is 0 Å². The van der Waals surface area contributed by atoms with Crippen LogP contribution in [-0.2, 0) is 4.79 Å². The van der Waals surface area contributed by atoms with Crippen molar-refractivity contribution in [3.63, 3.8) is 0 Å². The van der Waals surface area contributed by atoms with E-state index in [4.69, 9.17) is 5.11 Å². The minimum atomic E-state index is -1.99. The van der Waals surface area contributed by atoms with Gasteiger partial charge in [-0.15, -0.1) is 0 Å². The predicted molar refractivity (Wildman–Crippen MR) is 49.6 cm³/mol.